The smallest absolute Gasteiger partial charge is 0.258 e. The fraction of sp³-hybridized carbons (Fsp3) is 0.524. The molecule has 0 bridgehead atoms. The van der Waals surface area contributed by atoms with Gasteiger partial charge in [0.15, 0.2) is 5.82 Å². The molecular formula is C21H25N5O2. The lowest BCUT2D eigenvalue weighted by atomic mass is 9.95. The topological polar surface area (TPSA) is 77.1 Å². The first-order chi connectivity index (χ1) is 13.6. The molecule has 2 aliphatic rings. The number of hydrogen-bond donors (Lipinski definition) is 0. The highest BCUT2D eigenvalue weighted by atomic mass is 16.5. The largest absolute Gasteiger partial charge is 0.342 e. The maximum absolute atomic E-state index is 12.5. The molecule has 1 amide bonds. The van der Waals surface area contributed by atoms with Crippen molar-refractivity contribution < 1.29 is 9.32 Å². The van der Waals surface area contributed by atoms with Gasteiger partial charge >= 0.3 is 0 Å². The number of likely N-dealkylation sites (tertiary alicyclic amines) is 1. The van der Waals surface area contributed by atoms with E-state index in [0.717, 1.165) is 41.9 Å². The maximum atomic E-state index is 12.5. The van der Waals surface area contributed by atoms with Gasteiger partial charge < -0.3 is 9.42 Å². The Balaban J connectivity index is 1.35. The molecule has 0 spiro atoms. The Labute approximate surface area is 163 Å². The summed E-state index contributed by atoms with van der Waals surface area (Å²) in [6.07, 6.45) is 5.78. The standard InChI is InChI=1S/C21H25N5O2/c1-13(2)26-18-9-16(5-6-17(18)11-22-26)21-23-20(24-28-21)15-7-8-25(19(27)10-15)12-14-3-4-14/h5-6,9,11,13-15H,3-4,7-8,10,12H2,1-2H3. The third kappa shape index (κ3) is 3.19. The van der Waals surface area contributed by atoms with Crippen LogP contribution in [0.4, 0.5) is 0 Å². The van der Waals surface area contributed by atoms with Gasteiger partial charge in [-0.1, -0.05) is 11.2 Å². The van der Waals surface area contributed by atoms with Crippen LogP contribution in [0.25, 0.3) is 22.4 Å². The molecule has 2 fully saturated rings. The lowest BCUT2D eigenvalue weighted by Crippen LogP contribution is -2.39. The van der Waals surface area contributed by atoms with Gasteiger partial charge in [-0.2, -0.15) is 10.1 Å². The minimum Gasteiger partial charge on any atom is -0.342 e. The van der Waals surface area contributed by atoms with Gasteiger partial charge in [-0.05, 0) is 51.2 Å². The third-order valence-corrected chi connectivity index (χ3v) is 5.84. The summed E-state index contributed by atoms with van der Waals surface area (Å²) in [6.45, 7) is 5.93. The van der Waals surface area contributed by atoms with Crippen molar-refractivity contribution in [2.24, 2.45) is 5.92 Å². The van der Waals surface area contributed by atoms with Gasteiger partial charge in [0.25, 0.3) is 5.89 Å². The number of amides is 1. The number of benzene rings is 1. The van der Waals surface area contributed by atoms with Crippen LogP contribution in [-0.2, 0) is 4.79 Å². The fourth-order valence-electron chi connectivity index (χ4n) is 4.00. The number of carbonyl (C=O) groups is 1. The summed E-state index contributed by atoms with van der Waals surface area (Å²) in [5, 5.41) is 9.74. The Morgan fingerprint density at radius 1 is 1.25 bits per heavy atom. The third-order valence-electron chi connectivity index (χ3n) is 5.84. The molecule has 1 atom stereocenters. The SMILES string of the molecule is CC(C)n1ncc2ccc(-c3nc(C4CCN(CC5CC5)C(=O)C4)no3)cc21. The van der Waals surface area contributed by atoms with Gasteiger partial charge in [0.1, 0.15) is 0 Å². The molecule has 0 N–H and O–H groups in total. The Hall–Kier alpha value is -2.70. The molecule has 1 unspecified atom stereocenters. The lowest BCUT2D eigenvalue weighted by Gasteiger charge is -2.30. The van der Waals surface area contributed by atoms with Crippen LogP contribution in [0.1, 0.15) is 57.3 Å². The molecule has 7 nitrogen and oxygen atoms in total. The van der Waals surface area contributed by atoms with Gasteiger partial charge in [-0.25, -0.2) is 0 Å². The van der Waals surface area contributed by atoms with Crippen LogP contribution in [0.5, 0.6) is 0 Å². The molecule has 1 saturated heterocycles. The van der Waals surface area contributed by atoms with Crippen molar-refractivity contribution in [3.63, 3.8) is 0 Å². The molecule has 5 rings (SSSR count). The van der Waals surface area contributed by atoms with Crippen LogP contribution < -0.4 is 0 Å². The number of rotatable bonds is 5. The molecular weight excluding hydrogens is 354 g/mol. The summed E-state index contributed by atoms with van der Waals surface area (Å²) in [7, 11) is 0. The van der Waals surface area contributed by atoms with E-state index in [9.17, 15) is 4.79 Å². The van der Waals surface area contributed by atoms with E-state index in [1.165, 1.54) is 12.8 Å². The van der Waals surface area contributed by atoms with Crippen LogP contribution in [0, 0.1) is 5.92 Å². The minimum absolute atomic E-state index is 0.0466. The zero-order valence-electron chi connectivity index (χ0n) is 16.3. The summed E-state index contributed by atoms with van der Waals surface area (Å²) in [5.41, 5.74) is 1.93. The summed E-state index contributed by atoms with van der Waals surface area (Å²) >= 11 is 0. The number of fused-ring (bicyclic) bond motifs is 1. The molecule has 1 aliphatic carbocycles. The van der Waals surface area contributed by atoms with Crippen LogP contribution in [0.2, 0.25) is 0 Å². The van der Waals surface area contributed by atoms with Crippen LogP contribution in [0.15, 0.2) is 28.9 Å². The molecule has 2 aromatic heterocycles. The normalized spacial score (nSPS) is 20.5. The molecule has 28 heavy (non-hydrogen) atoms. The van der Waals surface area contributed by atoms with Crippen molar-refractivity contribution in [3.05, 3.63) is 30.2 Å². The van der Waals surface area contributed by atoms with Gasteiger partial charge in [0.05, 0.1) is 11.7 Å². The molecule has 1 saturated carbocycles. The zero-order valence-corrected chi connectivity index (χ0v) is 16.3. The number of aromatic nitrogens is 4. The first kappa shape index (κ1) is 17.4. The maximum Gasteiger partial charge on any atom is 0.258 e. The Morgan fingerprint density at radius 3 is 2.86 bits per heavy atom. The Kier molecular flexibility index (Phi) is 4.18. The molecule has 1 aromatic carbocycles. The van der Waals surface area contributed by atoms with Crippen LogP contribution in [0.3, 0.4) is 0 Å². The second-order valence-electron chi connectivity index (χ2n) is 8.39. The zero-order chi connectivity index (χ0) is 19.3. The summed E-state index contributed by atoms with van der Waals surface area (Å²) in [6, 6.07) is 6.33. The van der Waals surface area contributed by atoms with Gasteiger partial charge in [-0.15, -0.1) is 0 Å². The molecule has 146 valence electrons. The van der Waals surface area contributed by atoms with E-state index < -0.39 is 0 Å². The molecule has 0 radical (unpaired) electrons. The van der Waals surface area contributed by atoms with Crippen molar-refractivity contribution in [2.75, 3.05) is 13.1 Å². The summed E-state index contributed by atoms with van der Waals surface area (Å²) in [5.74, 6) is 2.14. The average Bonchev–Trinajstić information content (AvgIpc) is 3.19. The average molecular weight is 379 g/mol. The van der Waals surface area contributed by atoms with Crippen molar-refractivity contribution in [1.82, 2.24) is 24.8 Å². The first-order valence-corrected chi connectivity index (χ1v) is 10.2. The first-order valence-electron chi connectivity index (χ1n) is 10.2. The Bertz CT molecular complexity index is 1020. The van der Waals surface area contributed by atoms with Gasteiger partial charge in [0, 0.05) is 42.4 Å². The Morgan fingerprint density at radius 2 is 2.11 bits per heavy atom. The van der Waals surface area contributed by atoms with E-state index in [0.29, 0.717) is 18.1 Å². The highest BCUT2D eigenvalue weighted by Gasteiger charge is 2.33. The minimum atomic E-state index is 0.0466. The van der Waals surface area contributed by atoms with Crippen molar-refractivity contribution in [3.8, 4) is 11.5 Å². The highest BCUT2D eigenvalue weighted by Crippen LogP contribution is 2.34. The molecule has 1 aliphatic heterocycles. The number of piperidine rings is 1. The van der Waals surface area contributed by atoms with Crippen molar-refractivity contribution in [2.45, 2.75) is 51.5 Å². The van der Waals surface area contributed by atoms with E-state index in [1.807, 2.05) is 34.0 Å². The van der Waals surface area contributed by atoms with Crippen molar-refractivity contribution in [1.29, 1.82) is 0 Å². The number of hydrogen-bond acceptors (Lipinski definition) is 5. The quantitative estimate of drug-likeness (QED) is 0.674. The summed E-state index contributed by atoms with van der Waals surface area (Å²) < 4.78 is 7.54. The second-order valence-corrected chi connectivity index (χ2v) is 8.39. The molecule has 3 aromatic rings. The van der Waals surface area contributed by atoms with Gasteiger partial charge in [-0.3, -0.25) is 9.48 Å². The van der Waals surface area contributed by atoms with E-state index in [2.05, 4.69) is 29.1 Å². The number of carbonyl (C=O) groups excluding carboxylic acids is 1. The van der Waals surface area contributed by atoms with Crippen molar-refractivity contribution >= 4 is 16.8 Å². The highest BCUT2D eigenvalue weighted by molar-refractivity contribution is 5.83. The predicted molar refractivity (Wildman–Crippen MR) is 105 cm³/mol. The van der Waals surface area contributed by atoms with Crippen LogP contribution >= 0.6 is 0 Å². The van der Waals surface area contributed by atoms with E-state index in [4.69, 9.17) is 4.52 Å². The second kappa shape index (κ2) is 6.72. The molecule has 7 heteroatoms. The lowest BCUT2D eigenvalue weighted by molar-refractivity contribution is -0.134. The monoisotopic (exact) mass is 379 g/mol. The van der Waals surface area contributed by atoms with Crippen LogP contribution in [-0.4, -0.2) is 43.8 Å². The molecule has 3 heterocycles. The van der Waals surface area contributed by atoms with E-state index in [1.54, 1.807) is 0 Å². The predicted octanol–water partition coefficient (Wildman–Crippen LogP) is 3.78. The summed E-state index contributed by atoms with van der Waals surface area (Å²) in [4.78, 5) is 19.1. The van der Waals surface area contributed by atoms with E-state index >= 15 is 0 Å². The van der Waals surface area contributed by atoms with Gasteiger partial charge in [0.2, 0.25) is 5.91 Å². The number of nitrogens with zero attached hydrogens (tertiary/aromatic N) is 5. The van der Waals surface area contributed by atoms with E-state index in [-0.39, 0.29) is 17.9 Å². The fourth-order valence-corrected chi connectivity index (χ4v) is 4.00.